The molecule has 192 valence electrons. The molecule has 1 unspecified atom stereocenters. The van der Waals surface area contributed by atoms with Crippen molar-refractivity contribution in [3.63, 3.8) is 0 Å². The monoisotopic (exact) mass is 502 g/mol. The highest BCUT2D eigenvalue weighted by atomic mass is 16.5. The van der Waals surface area contributed by atoms with E-state index in [9.17, 15) is 14.4 Å². The summed E-state index contributed by atoms with van der Waals surface area (Å²) in [5.74, 6) is 0.0712. The molecule has 0 aliphatic carbocycles. The fourth-order valence-corrected chi connectivity index (χ4v) is 4.53. The van der Waals surface area contributed by atoms with E-state index in [1.165, 1.54) is 21.3 Å². The lowest BCUT2D eigenvalue weighted by atomic mass is 10.00. The lowest BCUT2D eigenvalue weighted by molar-refractivity contribution is -0.147. The van der Waals surface area contributed by atoms with Crippen LogP contribution in [0.15, 0.2) is 60.7 Å². The first kappa shape index (κ1) is 25.8. The largest absolute Gasteiger partial charge is 0.493 e. The van der Waals surface area contributed by atoms with Gasteiger partial charge in [0.2, 0.25) is 0 Å². The maximum atomic E-state index is 13.2. The van der Waals surface area contributed by atoms with Crippen LogP contribution in [0.4, 0.5) is 5.69 Å². The fraction of sp³-hybridized carbons (Fsp3) is 0.276. The zero-order valence-corrected chi connectivity index (χ0v) is 21.5. The molecule has 0 aromatic heterocycles. The van der Waals surface area contributed by atoms with Gasteiger partial charge in [-0.2, -0.15) is 0 Å². The third-order valence-electron chi connectivity index (χ3n) is 6.47. The Hall–Kier alpha value is -4.33. The Kier molecular flexibility index (Phi) is 7.47. The lowest BCUT2D eigenvalue weighted by Crippen LogP contribution is -2.45. The molecule has 8 heteroatoms. The summed E-state index contributed by atoms with van der Waals surface area (Å²) in [5, 5.41) is 2.88. The molecular formula is C29H30N2O6. The number of hydrogen-bond donors (Lipinski definition) is 1. The topological polar surface area (TPSA) is 94.2 Å². The van der Waals surface area contributed by atoms with E-state index >= 15 is 0 Å². The summed E-state index contributed by atoms with van der Waals surface area (Å²) < 4.78 is 15.4. The molecular weight excluding hydrogens is 472 g/mol. The first-order chi connectivity index (χ1) is 17.8. The summed E-state index contributed by atoms with van der Waals surface area (Å²) in [6.45, 7) is 4.16. The van der Waals surface area contributed by atoms with E-state index in [4.69, 9.17) is 14.2 Å². The van der Waals surface area contributed by atoms with E-state index in [0.29, 0.717) is 34.9 Å². The lowest BCUT2D eigenvalue weighted by Gasteiger charge is -2.28. The summed E-state index contributed by atoms with van der Waals surface area (Å²) in [6, 6.07) is 17.4. The van der Waals surface area contributed by atoms with Crippen LogP contribution in [0.2, 0.25) is 0 Å². The Morgan fingerprint density at radius 3 is 2.16 bits per heavy atom. The number of rotatable bonds is 8. The number of fused-ring (bicyclic) bond motifs is 1. The van der Waals surface area contributed by atoms with Crippen LogP contribution >= 0.6 is 0 Å². The number of anilines is 1. The first-order valence-electron chi connectivity index (χ1n) is 11.9. The van der Waals surface area contributed by atoms with Crippen LogP contribution in [0.5, 0.6) is 11.5 Å². The number of ether oxygens (including phenoxy) is 3. The molecule has 1 atom stereocenters. The van der Waals surface area contributed by atoms with Crippen LogP contribution in [0.25, 0.3) is 11.1 Å². The molecule has 0 bridgehead atoms. The van der Waals surface area contributed by atoms with E-state index in [1.54, 1.807) is 35.2 Å². The molecule has 0 radical (unpaired) electrons. The first-order valence-corrected chi connectivity index (χ1v) is 11.9. The second-order valence-corrected chi connectivity index (χ2v) is 9.12. The normalized spacial score (nSPS) is 13.2. The Bertz CT molecular complexity index is 1330. The molecule has 1 N–H and O–H groups in total. The molecule has 1 aliphatic heterocycles. The Morgan fingerprint density at radius 1 is 0.865 bits per heavy atom. The Balaban J connectivity index is 1.50. The second-order valence-electron chi connectivity index (χ2n) is 9.12. The number of carbonyl (C=O) groups is 3. The van der Waals surface area contributed by atoms with Crippen molar-refractivity contribution in [1.82, 2.24) is 4.90 Å². The van der Waals surface area contributed by atoms with Gasteiger partial charge in [-0.3, -0.25) is 9.59 Å². The quantitative estimate of drug-likeness (QED) is 0.446. The third kappa shape index (κ3) is 5.14. The Labute approximate surface area is 216 Å². The number of hydrogen-bond acceptors (Lipinski definition) is 6. The highest BCUT2D eigenvalue weighted by Crippen LogP contribution is 2.32. The molecule has 1 heterocycles. The van der Waals surface area contributed by atoms with E-state index in [0.717, 1.165) is 16.7 Å². The zero-order chi connectivity index (χ0) is 26.7. The Morgan fingerprint density at radius 2 is 1.54 bits per heavy atom. The van der Waals surface area contributed by atoms with Crippen LogP contribution in [-0.4, -0.2) is 50.1 Å². The van der Waals surface area contributed by atoms with Crippen LogP contribution in [-0.2, 0) is 16.1 Å². The van der Waals surface area contributed by atoms with E-state index < -0.39 is 12.0 Å². The molecule has 0 saturated carbocycles. The summed E-state index contributed by atoms with van der Waals surface area (Å²) in [5.41, 5.74) is 4.29. The fourth-order valence-electron chi connectivity index (χ4n) is 4.53. The molecule has 2 amide bonds. The van der Waals surface area contributed by atoms with Crippen molar-refractivity contribution in [2.45, 2.75) is 26.4 Å². The molecule has 8 nitrogen and oxygen atoms in total. The molecule has 0 saturated heterocycles. The van der Waals surface area contributed by atoms with Gasteiger partial charge in [0.25, 0.3) is 11.8 Å². The van der Waals surface area contributed by atoms with Gasteiger partial charge in [-0.1, -0.05) is 38.1 Å². The zero-order valence-electron chi connectivity index (χ0n) is 21.5. The van der Waals surface area contributed by atoms with Gasteiger partial charge < -0.3 is 24.4 Å². The minimum absolute atomic E-state index is 0.0769. The highest BCUT2D eigenvalue weighted by molar-refractivity contribution is 6.05. The van der Waals surface area contributed by atoms with Gasteiger partial charge in [0, 0.05) is 23.4 Å². The SMILES string of the molecule is COC(=O)C(C(C)C)N1Cc2ccc(-c3ccc(NC(=O)c4ccc(OC)c(OC)c4)cc3)cc2C1=O. The highest BCUT2D eigenvalue weighted by Gasteiger charge is 2.38. The standard InChI is InChI=1S/C29H30N2O6/c1-17(2)26(29(34)37-5)31-16-21-7-6-19(14-23(21)28(31)33)18-8-11-22(12-9-18)30-27(32)20-10-13-24(35-3)25(15-20)36-4/h6-15,17,26H,16H2,1-5H3,(H,30,32). The summed E-state index contributed by atoms with van der Waals surface area (Å²) in [7, 11) is 4.39. The van der Waals surface area contributed by atoms with E-state index in [2.05, 4.69) is 5.32 Å². The van der Waals surface area contributed by atoms with Crippen LogP contribution in [0.3, 0.4) is 0 Å². The van der Waals surface area contributed by atoms with Gasteiger partial charge >= 0.3 is 5.97 Å². The molecule has 3 aromatic carbocycles. The van der Waals surface area contributed by atoms with Gasteiger partial charge in [0.15, 0.2) is 11.5 Å². The molecule has 4 rings (SSSR count). The van der Waals surface area contributed by atoms with Crippen molar-refractivity contribution in [3.05, 3.63) is 77.4 Å². The number of nitrogens with one attached hydrogen (secondary N) is 1. The number of carbonyl (C=O) groups excluding carboxylic acids is 3. The molecule has 3 aromatic rings. The minimum Gasteiger partial charge on any atom is -0.493 e. The number of amides is 2. The van der Waals surface area contributed by atoms with Crippen molar-refractivity contribution < 1.29 is 28.6 Å². The number of nitrogens with zero attached hydrogens (tertiary/aromatic N) is 1. The molecule has 37 heavy (non-hydrogen) atoms. The summed E-state index contributed by atoms with van der Waals surface area (Å²) in [6.07, 6.45) is 0. The van der Waals surface area contributed by atoms with Gasteiger partial charge in [0.1, 0.15) is 6.04 Å². The predicted octanol–water partition coefficient (Wildman–Crippen LogP) is 4.78. The third-order valence-corrected chi connectivity index (χ3v) is 6.47. The summed E-state index contributed by atoms with van der Waals surface area (Å²) >= 11 is 0. The van der Waals surface area contributed by atoms with E-state index in [1.807, 2.05) is 44.2 Å². The van der Waals surface area contributed by atoms with Crippen molar-refractivity contribution in [2.75, 3.05) is 26.6 Å². The molecule has 0 fully saturated rings. The van der Waals surface area contributed by atoms with Crippen molar-refractivity contribution in [3.8, 4) is 22.6 Å². The minimum atomic E-state index is -0.637. The predicted molar refractivity (Wildman–Crippen MR) is 140 cm³/mol. The average molecular weight is 503 g/mol. The maximum absolute atomic E-state index is 13.2. The van der Waals surface area contributed by atoms with Crippen LogP contribution < -0.4 is 14.8 Å². The van der Waals surface area contributed by atoms with Gasteiger partial charge in [-0.05, 0) is 59.0 Å². The maximum Gasteiger partial charge on any atom is 0.328 e. The second kappa shape index (κ2) is 10.7. The van der Waals surface area contributed by atoms with Crippen molar-refractivity contribution in [2.24, 2.45) is 5.92 Å². The smallest absolute Gasteiger partial charge is 0.328 e. The number of methoxy groups -OCH3 is 3. The van der Waals surface area contributed by atoms with Crippen molar-refractivity contribution in [1.29, 1.82) is 0 Å². The summed E-state index contributed by atoms with van der Waals surface area (Å²) in [4.78, 5) is 39.8. The van der Waals surface area contributed by atoms with Gasteiger partial charge in [0.05, 0.1) is 21.3 Å². The molecule has 1 aliphatic rings. The number of benzene rings is 3. The van der Waals surface area contributed by atoms with Gasteiger partial charge in [-0.25, -0.2) is 4.79 Å². The molecule has 0 spiro atoms. The average Bonchev–Trinajstić information content (AvgIpc) is 3.23. The van der Waals surface area contributed by atoms with Crippen molar-refractivity contribution >= 4 is 23.5 Å². The van der Waals surface area contributed by atoms with Gasteiger partial charge in [-0.15, -0.1) is 0 Å². The number of esters is 1. The van der Waals surface area contributed by atoms with E-state index in [-0.39, 0.29) is 17.7 Å². The van der Waals surface area contributed by atoms with Crippen LogP contribution in [0.1, 0.15) is 40.1 Å². The van der Waals surface area contributed by atoms with Crippen LogP contribution in [0, 0.1) is 5.92 Å².